The van der Waals surface area contributed by atoms with E-state index >= 15 is 0 Å². The number of unbranched alkanes of at least 4 members (excludes halogenated alkanes) is 1. The predicted molar refractivity (Wildman–Crippen MR) is 66.3 cm³/mol. The van der Waals surface area contributed by atoms with E-state index in [0.29, 0.717) is 0 Å². The van der Waals surface area contributed by atoms with Gasteiger partial charge in [-0.2, -0.15) is 0 Å². The number of hydrogen-bond acceptors (Lipinski definition) is 0. The van der Waals surface area contributed by atoms with Crippen molar-refractivity contribution in [2.75, 3.05) is 0 Å². The summed E-state index contributed by atoms with van der Waals surface area (Å²) in [5.41, 5.74) is 3.06. The Balaban J connectivity index is -0.000000218. The van der Waals surface area contributed by atoms with Crippen LogP contribution in [0, 0.1) is 0 Å². The lowest BCUT2D eigenvalue weighted by Gasteiger charge is -2.00. The molecule has 0 spiro atoms. The highest BCUT2D eigenvalue weighted by Gasteiger charge is 1.89. The van der Waals surface area contributed by atoms with E-state index in [9.17, 15) is 0 Å². The van der Waals surface area contributed by atoms with Crippen LogP contribution in [-0.2, 0) is 0 Å². The highest BCUT2D eigenvalue weighted by molar-refractivity contribution is 5.05. The van der Waals surface area contributed by atoms with Crippen molar-refractivity contribution < 1.29 is 0 Å². The van der Waals surface area contributed by atoms with Crippen LogP contribution in [0.15, 0.2) is 11.1 Å². The molecule has 0 unspecified atom stereocenters. The highest BCUT2D eigenvalue weighted by Crippen LogP contribution is 2.10. The first-order valence-electron chi connectivity index (χ1n) is 5.81. The second-order valence-electron chi connectivity index (χ2n) is 2.88. The van der Waals surface area contributed by atoms with Gasteiger partial charge in [-0.1, -0.05) is 52.2 Å². The van der Waals surface area contributed by atoms with E-state index in [-0.39, 0.29) is 0 Å². The summed E-state index contributed by atoms with van der Waals surface area (Å²) in [4.78, 5) is 0. The van der Waals surface area contributed by atoms with Crippen LogP contribution in [0.5, 0.6) is 0 Å². The molecule has 0 rings (SSSR count). The molecular formula is C13H30. The third kappa shape index (κ3) is 18.6. The summed E-state index contributed by atoms with van der Waals surface area (Å²) in [5.74, 6) is 0. The van der Waals surface area contributed by atoms with Gasteiger partial charge in [0.1, 0.15) is 0 Å². The van der Waals surface area contributed by atoms with Crippen LogP contribution < -0.4 is 0 Å². The summed E-state index contributed by atoms with van der Waals surface area (Å²) in [6, 6.07) is 0. The van der Waals surface area contributed by atoms with Crippen LogP contribution >= 0.6 is 0 Å². The molecule has 0 heterocycles. The second-order valence-corrected chi connectivity index (χ2v) is 2.88. The topological polar surface area (TPSA) is 0 Å². The summed E-state index contributed by atoms with van der Waals surface area (Å²) < 4.78 is 0. The van der Waals surface area contributed by atoms with Crippen molar-refractivity contribution in [2.45, 2.75) is 74.7 Å². The summed E-state index contributed by atoms with van der Waals surface area (Å²) in [5, 5.41) is 0. The molecular weight excluding hydrogens is 156 g/mol. The quantitative estimate of drug-likeness (QED) is 0.504. The number of rotatable bonds is 3. The summed E-state index contributed by atoms with van der Waals surface area (Å²) in [6.45, 7) is 16.8. The van der Waals surface area contributed by atoms with Gasteiger partial charge < -0.3 is 0 Å². The van der Waals surface area contributed by atoms with Crippen LogP contribution in [0.4, 0.5) is 0 Å². The van der Waals surface area contributed by atoms with E-state index in [1.165, 1.54) is 24.8 Å². The Morgan fingerprint density at radius 3 is 1.46 bits per heavy atom. The molecule has 0 fully saturated rings. The van der Waals surface area contributed by atoms with Crippen LogP contribution in [0.25, 0.3) is 0 Å². The van der Waals surface area contributed by atoms with Crippen molar-refractivity contribution in [3.8, 4) is 0 Å². The Kier molecular flexibility index (Phi) is 25.2. The Morgan fingerprint density at radius 1 is 0.846 bits per heavy atom. The van der Waals surface area contributed by atoms with Crippen molar-refractivity contribution in [3.63, 3.8) is 0 Å². The molecule has 0 saturated heterocycles. The van der Waals surface area contributed by atoms with Crippen molar-refractivity contribution in [2.24, 2.45) is 0 Å². The molecule has 82 valence electrons. The van der Waals surface area contributed by atoms with Gasteiger partial charge in [0.25, 0.3) is 0 Å². The zero-order valence-corrected chi connectivity index (χ0v) is 11.1. The normalized spacial score (nSPS) is 7.38. The van der Waals surface area contributed by atoms with Gasteiger partial charge in [0.15, 0.2) is 0 Å². The summed E-state index contributed by atoms with van der Waals surface area (Å²) >= 11 is 0. The fourth-order valence-corrected chi connectivity index (χ4v) is 0.692. The van der Waals surface area contributed by atoms with Gasteiger partial charge in [0.2, 0.25) is 0 Å². The fourth-order valence-electron chi connectivity index (χ4n) is 0.692. The molecule has 0 atom stereocenters. The molecule has 0 amide bonds. The van der Waals surface area contributed by atoms with Crippen LogP contribution in [0.1, 0.15) is 74.7 Å². The third-order valence-corrected chi connectivity index (χ3v) is 1.76. The minimum Gasteiger partial charge on any atom is -0.0775 e. The first kappa shape index (κ1) is 18.5. The van der Waals surface area contributed by atoms with E-state index in [1.807, 2.05) is 27.7 Å². The van der Waals surface area contributed by atoms with Crippen molar-refractivity contribution in [3.05, 3.63) is 11.1 Å². The maximum atomic E-state index is 2.23. The fraction of sp³-hybridized carbons (Fsp3) is 0.846. The molecule has 0 bridgehead atoms. The number of hydrogen-bond donors (Lipinski definition) is 0. The van der Waals surface area contributed by atoms with Crippen molar-refractivity contribution in [1.82, 2.24) is 0 Å². The monoisotopic (exact) mass is 186 g/mol. The van der Waals surface area contributed by atoms with Crippen molar-refractivity contribution in [1.29, 1.82) is 0 Å². The first-order valence-corrected chi connectivity index (χ1v) is 5.81. The first-order chi connectivity index (χ1) is 6.18. The van der Waals surface area contributed by atoms with Gasteiger partial charge in [-0.05, 0) is 33.6 Å². The Morgan fingerprint density at radius 2 is 1.23 bits per heavy atom. The average Bonchev–Trinajstić information content (AvgIpc) is 2.20. The molecule has 0 saturated carbocycles. The second kappa shape index (κ2) is 17.7. The van der Waals surface area contributed by atoms with Crippen molar-refractivity contribution >= 4 is 0 Å². The van der Waals surface area contributed by atoms with Gasteiger partial charge in [-0.3, -0.25) is 0 Å². The molecule has 0 aliphatic heterocycles. The van der Waals surface area contributed by atoms with Gasteiger partial charge in [0, 0.05) is 0 Å². The molecule has 0 radical (unpaired) electrons. The molecule has 0 aliphatic carbocycles. The molecule has 0 aliphatic rings. The molecule has 13 heavy (non-hydrogen) atoms. The molecule has 0 N–H and O–H groups in total. The minimum absolute atomic E-state index is 1.29. The lowest BCUT2D eigenvalue weighted by molar-refractivity contribution is 0.780. The van der Waals surface area contributed by atoms with E-state index < -0.39 is 0 Å². The highest BCUT2D eigenvalue weighted by atomic mass is 14.0. The SMILES string of the molecule is CC.CC.CCCCC(C)=C(C)C. The summed E-state index contributed by atoms with van der Waals surface area (Å²) in [6.07, 6.45) is 3.94. The molecule has 0 nitrogen and oxygen atoms in total. The Hall–Kier alpha value is -0.260. The molecule has 0 heteroatoms. The van der Waals surface area contributed by atoms with E-state index in [4.69, 9.17) is 0 Å². The molecule has 0 aromatic heterocycles. The summed E-state index contributed by atoms with van der Waals surface area (Å²) in [7, 11) is 0. The standard InChI is InChI=1S/C9H18.2C2H6/c1-5-6-7-9(4)8(2)3;2*1-2/h5-7H2,1-4H3;2*1-2H3. The Labute approximate surface area is 86.4 Å². The van der Waals surface area contributed by atoms with Crippen LogP contribution in [0.2, 0.25) is 0 Å². The zero-order chi connectivity index (χ0) is 11.3. The largest absolute Gasteiger partial charge is 0.0775 e. The maximum Gasteiger partial charge on any atom is -0.0321 e. The minimum atomic E-state index is 1.29. The van der Waals surface area contributed by atoms with E-state index in [1.54, 1.807) is 5.57 Å². The lowest BCUT2D eigenvalue weighted by Crippen LogP contribution is -1.79. The molecule has 0 aromatic carbocycles. The van der Waals surface area contributed by atoms with Crippen LogP contribution in [0.3, 0.4) is 0 Å². The maximum absolute atomic E-state index is 2.23. The van der Waals surface area contributed by atoms with Gasteiger partial charge >= 0.3 is 0 Å². The van der Waals surface area contributed by atoms with Gasteiger partial charge in [-0.25, -0.2) is 0 Å². The number of allylic oxidation sites excluding steroid dienone is 2. The third-order valence-electron chi connectivity index (χ3n) is 1.76. The van der Waals surface area contributed by atoms with Gasteiger partial charge in [-0.15, -0.1) is 0 Å². The Bertz CT molecular complexity index is 94.6. The average molecular weight is 186 g/mol. The van der Waals surface area contributed by atoms with E-state index in [2.05, 4.69) is 27.7 Å². The predicted octanol–water partition coefficient (Wildman–Crippen LogP) is 5.59. The van der Waals surface area contributed by atoms with E-state index in [0.717, 1.165) is 0 Å². The molecule has 0 aromatic rings. The van der Waals surface area contributed by atoms with Crippen LogP contribution in [-0.4, -0.2) is 0 Å². The zero-order valence-electron chi connectivity index (χ0n) is 11.1. The lowest BCUT2D eigenvalue weighted by atomic mass is 10.1. The smallest absolute Gasteiger partial charge is 0.0321 e. The van der Waals surface area contributed by atoms with Gasteiger partial charge in [0.05, 0.1) is 0 Å².